The van der Waals surface area contributed by atoms with Crippen LogP contribution in [0, 0.1) is 11.3 Å². The van der Waals surface area contributed by atoms with E-state index in [4.69, 9.17) is 4.74 Å². The Bertz CT molecular complexity index is 1210. The molecule has 9 nitrogen and oxygen atoms in total. The van der Waals surface area contributed by atoms with Crippen LogP contribution < -0.4 is 5.32 Å². The number of hydrogen-bond donors (Lipinski definition) is 1. The Hall–Kier alpha value is -3.36. The van der Waals surface area contributed by atoms with E-state index in [0.717, 1.165) is 5.56 Å². The smallest absolute Gasteiger partial charge is 0.410 e. The molecule has 0 saturated heterocycles. The predicted molar refractivity (Wildman–Crippen MR) is 182 cm³/mol. The number of carbonyl (C=O) groups excluding carboxylic acids is 4. The SMILES string of the molecule is C/C(=C\[C@H](C(C)C)N(C)C(=O)C(NC(=O)[C@@H](N(C)C(=O)OC(C)(C)C)C(C)(C)c1ccccc1)C(C)(C)C)C(=O)N(C)C(C)C. The minimum Gasteiger partial charge on any atom is -0.444 e. The first-order chi connectivity index (χ1) is 20.3. The molecule has 1 unspecified atom stereocenters. The number of nitrogens with one attached hydrogen (secondary N) is 1. The summed E-state index contributed by atoms with van der Waals surface area (Å²) >= 11 is 0. The lowest BCUT2D eigenvalue weighted by Gasteiger charge is -2.42. The molecule has 0 aliphatic rings. The summed E-state index contributed by atoms with van der Waals surface area (Å²) < 4.78 is 5.66. The molecular formula is C36H60N4O5. The molecule has 0 bridgehead atoms. The van der Waals surface area contributed by atoms with Crippen molar-refractivity contribution < 1.29 is 23.9 Å². The third-order valence-corrected chi connectivity index (χ3v) is 8.25. The van der Waals surface area contributed by atoms with Crippen molar-refractivity contribution in [1.29, 1.82) is 0 Å². The lowest BCUT2D eigenvalue weighted by atomic mass is 9.76. The molecule has 0 heterocycles. The van der Waals surface area contributed by atoms with Crippen molar-refractivity contribution in [1.82, 2.24) is 20.0 Å². The third kappa shape index (κ3) is 10.6. The van der Waals surface area contributed by atoms with Crippen molar-refractivity contribution in [2.24, 2.45) is 11.3 Å². The van der Waals surface area contributed by atoms with Gasteiger partial charge in [-0.1, -0.05) is 84.9 Å². The maximum atomic E-state index is 14.4. The minimum atomic E-state index is -1.01. The molecule has 0 aromatic heterocycles. The summed E-state index contributed by atoms with van der Waals surface area (Å²) in [5, 5.41) is 3.04. The average Bonchev–Trinajstić information content (AvgIpc) is 2.91. The molecular weight excluding hydrogens is 568 g/mol. The van der Waals surface area contributed by atoms with Gasteiger partial charge in [-0.2, -0.15) is 0 Å². The van der Waals surface area contributed by atoms with Crippen molar-refractivity contribution in [2.75, 3.05) is 21.1 Å². The van der Waals surface area contributed by atoms with Gasteiger partial charge in [-0.3, -0.25) is 19.3 Å². The van der Waals surface area contributed by atoms with E-state index in [2.05, 4.69) is 5.32 Å². The Kier molecular flexibility index (Phi) is 13.5. The maximum Gasteiger partial charge on any atom is 0.410 e. The number of carbonyl (C=O) groups is 4. The Morgan fingerprint density at radius 2 is 1.31 bits per heavy atom. The predicted octanol–water partition coefficient (Wildman–Crippen LogP) is 6.03. The van der Waals surface area contributed by atoms with Gasteiger partial charge < -0.3 is 19.9 Å². The Morgan fingerprint density at radius 1 is 0.800 bits per heavy atom. The number of amides is 4. The molecule has 0 radical (unpaired) electrons. The molecule has 254 valence electrons. The van der Waals surface area contributed by atoms with Gasteiger partial charge in [-0.05, 0) is 58.4 Å². The molecule has 1 rings (SSSR count). The lowest BCUT2D eigenvalue weighted by molar-refractivity contribution is -0.142. The van der Waals surface area contributed by atoms with Gasteiger partial charge in [-0.15, -0.1) is 0 Å². The summed E-state index contributed by atoms with van der Waals surface area (Å²) in [6.45, 7) is 24.5. The van der Waals surface area contributed by atoms with Crippen LogP contribution in [0.4, 0.5) is 4.79 Å². The number of benzene rings is 1. The van der Waals surface area contributed by atoms with Gasteiger partial charge in [0.25, 0.3) is 0 Å². The summed E-state index contributed by atoms with van der Waals surface area (Å²) in [4.78, 5) is 59.6. The van der Waals surface area contributed by atoms with E-state index >= 15 is 0 Å². The van der Waals surface area contributed by atoms with Crippen molar-refractivity contribution in [3.05, 3.63) is 47.5 Å². The maximum absolute atomic E-state index is 14.4. The van der Waals surface area contributed by atoms with Crippen LogP contribution in [0.15, 0.2) is 42.0 Å². The Labute approximate surface area is 272 Å². The van der Waals surface area contributed by atoms with Crippen LogP contribution in [0.5, 0.6) is 0 Å². The fraction of sp³-hybridized carbons (Fsp3) is 0.667. The third-order valence-electron chi connectivity index (χ3n) is 8.25. The zero-order chi connectivity index (χ0) is 35.2. The van der Waals surface area contributed by atoms with Crippen molar-refractivity contribution in [2.45, 2.75) is 125 Å². The Balaban J connectivity index is 3.60. The number of ether oxygens (including phenoxy) is 1. The quantitative estimate of drug-likeness (QED) is 0.302. The van der Waals surface area contributed by atoms with Crippen molar-refractivity contribution in [3.63, 3.8) is 0 Å². The zero-order valence-electron chi connectivity index (χ0n) is 30.7. The van der Waals surface area contributed by atoms with Crippen molar-refractivity contribution >= 4 is 23.8 Å². The number of nitrogens with zero attached hydrogens (tertiary/aromatic N) is 3. The number of rotatable bonds is 11. The first-order valence-corrected chi connectivity index (χ1v) is 15.9. The molecule has 0 aliphatic carbocycles. The molecule has 4 amide bonds. The van der Waals surface area contributed by atoms with Gasteiger partial charge in [0.1, 0.15) is 17.7 Å². The van der Waals surface area contributed by atoms with E-state index in [1.165, 1.54) is 4.90 Å². The fourth-order valence-electron chi connectivity index (χ4n) is 5.26. The fourth-order valence-corrected chi connectivity index (χ4v) is 5.26. The van der Waals surface area contributed by atoms with E-state index < -0.39 is 46.6 Å². The highest BCUT2D eigenvalue weighted by atomic mass is 16.6. The standard InChI is InChI=1S/C36H60N4O5/c1-23(2)27(22-25(5)31(42)38(14)24(3)4)39(15)32(43)28(34(6,7)8)37-30(41)29(40(16)33(44)45-35(9,10)11)36(12,13)26-20-18-17-19-21-26/h17-24,27-29H,1-16H3,(H,37,41)/b25-22+/t27-,28?,29-/m1/s1. The summed E-state index contributed by atoms with van der Waals surface area (Å²) in [5.41, 5.74) is -0.894. The number of hydrogen-bond acceptors (Lipinski definition) is 5. The van der Waals surface area contributed by atoms with Gasteiger partial charge in [0.05, 0.1) is 6.04 Å². The van der Waals surface area contributed by atoms with Crippen LogP contribution >= 0.6 is 0 Å². The van der Waals surface area contributed by atoms with E-state index in [0.29, 0.717) is 5.57 Å². The molecule has 0 spiro atoms. The van der Waals surface area contributed by atoms with Crippen LogP contribution in [0.3, 0.4) is 0 Å². The zero-order valence-corrected chi connectivity index (χ0v) is 30.7. The average molecular weight is 629 g/mol. The summed E-state index contributed by atoms with van der Waals surface area (Å²) in [7, 11) is 5.02. The number of likely N-dealkylation sites (N-methyl/N-ethyl adjacent to an activating group) is 3. The normalized spacial score (nSPS) is 14.8. The van der Waals surface area contributed by atoms with Gasteiger partial charge in [0, 0.05) is 38.2 Å². The van der Waals surface area contributed by atoms with Crippen molar-refractivity contribution in [3.8, 4) is 0 Å². The molecule has 9 heteroatoms. The molecule has 1 aromatic rings. The van der Waals surface area contributed by atoms with Gasteiger partial charge in [-0.25, -0.2) is 4.79 Å². The highest BCUT2D eigenvalue weighted by Crippen LogP contribution is 2.32. The van der Waals surface area contributed by atoms with Gasteiger partial charge >= 0.3 is 6.09 Å². The first-order valence-electron chi connectivity index (χ1n) is 15.9. The molecule has 0 saturated carbocycles. The first kappa shape index (κ1) is 39.7. The molecule has 0 fully saturated rings. The molecule has 3 atom stereocenters. The summed E-state index contributed by atoms with van der Waals surface area (Å²) in [6.07, 6.45) is 1.20. The second kappa shape index (κ2) is 15.3. The van der Waals surface area contributed by atoms with Gasteiger partial charge in [0.15, 0.2) is 0 Å². The van der Waals surface area contributed by atoms with Crippen LogP contribution in [-0.2, 0) is 24.5 Å². The van der Waals surface area contributed by atoms with E-state index in [-0.39, 0.29) is 23.8 Å². The monoisotopic (exact) mass is 628 g/mol. The lowest BCUT2D eigenvalue weighted by Crippen LogP contribution is -2.63. The summed E-state index contributed by atoms with van der Waals surface area (Å²) in [5.74, 6) is -0.876. The highest BCUT2D eigenvalue weighted by Gasteiger charge is 2.46. The Morgan fingerprint density at radius 3 is 1.73 bits per heavy atom. The second-order valence-electron chi connectivity index (χ2n) is 15.4. The van der Waals surface area contributed by atoms with Crippen LogP contribution in [-0.4, -0.2) is 89.4 Å². The van der Waals surface area contributed by atoms with E-state index in [9.17, 15) is 19.2 Å². The molecule has 0 aliphatic heterocycles. The summed E-state index contributed by atoms with van der Waals surface area (Å²) in [6, 6.07) is 7.21. The molecule has 1 N–H and O–H groups in total. The van der Waals surface area contributed by atoms with E-state index in [1.54, 1.807) is 58.6 Å². The highest BCUT2D eigenvalue weighted by molar-refractivity contribution is 5.94. The molecule has 1 aromatic carbocycles. The van der Waals surface area contributed by atoms with Crippen LogP contribution in [0.1, 0.15) is 95.6 Å². The largest absolute Gasteiger partial charge is 0.444 e. The second-order valence-corrected chi connectivity index (χ2v) is 15.4. The van der Waals surface area contributed by atoms with E-state index in [1.807, 2.05) is 98.7 Å². The van der Waals surface area contributed by atoms with Crippen LogP contribution in [0.2, 0.25) is 0 Å². The van der Waals surface area contributed by atoms with Gasteiger partial charge in [0.2, 0.25) is 17.7 Å². The molecule has 45 heavy (non-hydrogen) atoms. The topological polar surface area (TPSA) is 99.3 Å². The minimum absolute atomic E-state index is 0.00885. The van der Waals surface area contributed by atoms with Crippen LogP contribution in [0.25, 0.3) is 0 Å².